The molecule has 2 aliphatic heterocycles. The number of aromatic nitrogens is 1. The summed E-state index contributed by atoms with van der Waals surface area (Å²) in [4.78, 5) is 45.4. The van der Waals surface area contributed by atoms with Crippen molar-refractivity contribution in [3.8, 4) is 11.8 Å². The number of aryl methyl sites for hydroxylation is 1. The van der Waals surface area contributed by atoms with E-state index in [1.165, 1.54) is 0 Å². The summed E-state index contributed by atoms with van der Waals surface area (Å²) >= 11 is 0. The molecule has 0 spiro atoms. The number of benzene rings is 3. The van der Waals surface area contributed by atoms with Crippen molar-refractivity contribution in [1.82, 2.24) is 29.7 Å². The van der Waals surface area contributed by atoms with Crippen molar-refractivity contribution in [2.75, 3.05) is 19.6 Å². The van der Waals surface area contributed by atoms with Crippen LogP contribution in [0.25, 0.3) is 10.9 Å². The largest absolute Gasteiger partial charge is 0.508 e. The van der Waals surface area contributed by atoms with E-state index in [1.54, 1.807) is 56.4 Å². The van der Waals surface area contributed by atoms with Crippen LogP contribution < -0.4 is 5.32 Å². The number of nitrogens with zero attached hydrogens (tertiary/aromatic N) is 6. The van der Waals surface area contributed by atoms with Crippen molar-refractivity contribution >= 4 is 28.7 Å². The lowest BCUT2D eigenvalue weighted by molar-refractivity contribution is -0.189. The Labute approximate surface area is 267 Å². The second-order valence-electron chi connectivity index (χ2n) is 11.6. The standard InChI is InChI=1S/C35H35N7O4/c1-3-16-40-23-32(44)41-30(17-24-12-14-28(43)15-13-24)34(45)39(21-26-10-7-11-29-27(18-36)20-38(2)33(26)29)22-31(41)42(40)35(46)37-19-25-8-5-4-6-9-25/h3-15,20,30-31,43H,1,16-17,19,21-23H2,2H3,(H,37,46). The summed E-state index contributed by atoms with van der Waals surface area (Å²) in [5.74, 6) is -0.411. The highest BCUT2D eigenvalue weighted by Gasteiger charge is 2.51. The van der Waals surface area contributed by atoms with Crippen LogP contribution in [0.1, 0.15) is 22.3 Å². The first-order valence-corrected chi connectivity index (χ1v) is 15.1. The van der Waals surface area contributed by atoms with Gasteiger partial charge in [-0.05, 0) is 28.8 Å². The molecule has 2 unspecified atom stereocenters. The topological polar surface area (TPSA) is 125 Å². The van der Waals surface area contributed by atoms with Crippen molar-refractivity contribution in [2.45, 2.75) is 31.7 Å². The van der Waals surface area contributed by atoms with Crippen LogP contribution >= 0.6 is 0 Å². The van der Waals surface area contributed by atoms with E-state index in [0.717, 1.165) is 27.6 Å². The van der Waals surface area contributed by atoms with Crippen molar-refractivity contribution in [3.63, 3.8) is 0 Å². The molecule has 2 N–H and O–H groups in total. The van der Waals surface area contributed by atoms with E-state index in [-0.39, 0.29) is 56.7 Å². The number of hydrazine groups is 1. The SMILES string of the molecule is C=CCN1CC(=O)N2C(Cc3ccc(O)cc3)C(=O)N(Cc3cccc4c(C#N)cn(C)c34)CC2N1C(=O)NCc1ccccc1. The molecule has 11 nitrogen and oxygen atoms in total. The van der Waals surface area contributed by atoms with Crippen LogP contribution in [0.3, 0.4) is 0 Å². The number of hydrogen-bond donors (Lipinski definition) is 2. The maximum atomic E-state index is 14.4. The van der Waals surface area contributed by atoms with Gasteiger partial charge in [0.15, 0.2) is 0 Å². The minimum absolute atomic E-state index is 0.0783. The lowest BCUT2D eigenvalue weighted by Crippen LogP contribution is -2.76. The molecule has 0 aliphatic carbocycles. The minimum Gasteiger partial charge on any atom is -0.508 e. The normalized spacial score (nSPS) is 18.4. The van der Waals surface area contributed by atoms with Crippen LogP contribution in [0.15, 0.2) is 91.6 Å². The van der Waals surface area contributed by atoms with Gasteiger partial charge in [-0.25, -0.2) is 14.8 Å². The number of aromatic hydroxyl groups is 1. The van der Waals surface area contributed by atoms with Crippen LogP contribution in [0.4, 0.5) is 4.79 Å². The highest BCUT2D eigenvalue weighted by molar-refractivity contribution is 5.93. The Bertz CT molecular complexity index is 1830. The van der Waals surface area contributed by atoms with Gasteiger partial charge in [0.2, 0.25) is 11.8 Å². The average molecular weight is 618 g/mol. The molecule has 3 heterocycles. The first kappa shape index (κ1) is 30.4. The van der Waals surface area contributed by atoms with E-state index in [4.69, 9.17) is 0 Å². The van der Waals surface area contributed by atoms with Gasteiger partial charge in [0.25, 0.3) is 0 Å². The summed E-state index contributed by atoms with van der Waals surface area (Å²) in [6.07, 6.45) is 2.82. The molecular weight excluding hydrogens is 582 g/mol. The number of phenols is 1. The van der Waals surface area contributed by atoms with E-state index in [0.29, 0.717) is 5.56 Å². The predicted molar refractivity (Wildman–Crippen MR) is 172 cm³/mol. The van der Waals surface area contributed by atoms with E-state index in [9.17, 15) is 24.8 Å². The summed E-state index contributed by atoms with van der Waals surface area (Å²) in [6.45, 7) is 4.58. The van der Waals surface area contributed by atoms with Crippen LogP contribution in [0.5, 0.6) is 5.75 Å². The molecule has 11 heteroatoms. The number of nitriles is 1. The molecule has 2 fully saturated rings. The highest BCUT2D eigenvalue weighted by Crippen LogP contribution is 2.31. The number of fused-ring (bicyclic) bond motifs is 2. The van der Waals surface area contributed by atoms with Crippen LogP contribution in [0, 0.1) is 11.3 Å². The molecule has 234 valence electrons. The Balaban J connectivity index is 1.39. The van der Waals surface area contributed by atoms with E-state index < -0.39 is 18.2 Å². The van der Waals surface area contributed by atoms with Gasteiger partial charge in [-0.3, -0.25) is 9.59 Å². The maximum Gasteiger partial charge on any atom is 0.334 e. The van der Waals surface area contributed by atoms with Gasteiger partial charge in [-0.1, -0.05) is 66.7 Å². The maximum absolute atomic E-state index is 14.4. The minimum atomic E-state index is -0.895. The monoisotopic (exact) mass is 617 g/mol. The Morgan fingerprint density at radius 2 is 1.83 bits per heavy atom. The zero-order valence-electron chi connectivity index (χ0n) is 25.5. The Hall–Kier alpha value is -5.60. The number of phenolic OH excluding ortho intramolecular Hbond substituents is 1. The average Bonchev–Trinajstić information content (AvgIpc) is 3.39. The van der Waals surface area contributed by atoms with Crippen molar-refractivity contribution in [1.29, 1.82) is 5.26 Å². The number of piperazine rings is 1. The molecule has 46 heavy (non-hydrogen) atoms. The Morgan fingerprint density at radius 3 is 2.54 bits per heavy atom. The van der Waals surface area contributed by atoms with E-state index >= 15 is 0 Å². The van der Waals surface area contributed by atoms with E-state index in [2.05, 4.69) is 18.0 Å². The van der Waals surface area contributed by atoms with Gasteiger partial charge in [0.05, 0.1) is 24.2 Å². The Kier molecular flexibility index (Phi) is 8.46. The van der Waals surface area contributed by atoms with Gasteiger partial charge < -0.3 is 24.8 Å². The molecule has 0 saturated carbocycles. The third kappa shape index (κ3) is 5.78. The fourth-order valence-electron chi connectivity index (χ4n) is 6.53. The third-order valence-electron chi connectivity index (χ3n) is 8.60. The number of carbonyl (C=O) groups excluding carboxylic acids is 3. The molecule has 3 aromatic carbocycles. The Morgan fingerprint density at radius 1 is 1.07 bits per heavy atom. The van der Waals surface area contributed by atoms with Gasteiger partial charge in [0.1, 0.15) is 24.0 Å². The van der Waals surface area contributed by atoms with Crippen molar-refractivity contribution < 1.29 is 19.5 Å². The molecule has 0 bridgehead atoms. The highest BCUT2D eigenvalue weighted by atomic mass is 16.3. The summed E-state index contributed by atoms with van der Waals surface area (Å²) in [5, 5.41) is 26.5. The molecule has 2 aliphatic rings. The molecule has 4 amide bonds. The number of amides is 4. The molecule has 4 aromatic rings. The summed E-state index contributed by atoms with van der Waals surface area (Å²) in [5.41, 5.74) is 3.92. The zero-order chi connectivity index (χ0) is 32.4. The number of para-hydroxylation sites is 1. The van der Waals surface area contributed by atoms with Crippen molar-refractivity contribution in [2.24, 2.45) is 7.05 Å². The number of carbonyl (C=O) groups is 3. The molecular formula is C35H35N7O4. The van der Waals surface area contributed by atoms with Gasteiger partial charge in [-0.15, -0.1) is 6.58 Å². The van der Waals surface area contributed by atoms with Crippen molar-refractivity contribution in [3.05, 3.63) is 114 Å². The lowest BCUT2D eigenvalue weighted by Gasteiger charge is -2.55. The third-order valence-corrected chi connectivity index (χ3v) is 8.60. The fraction of sp³-hybridized carbons (Fsp3) is 0.257. The van der Waals surface area contributed by atoms with Crippen LogP contribution in [-0.4, -0.2) is 79.2 Å². The zero-order valence-corrected chi connectivity index (χ0v) is 25.5. The molecule has 2 atom stereocenters. The second kappa shape index (κ2) is 12.8. The quantitative estimate of drug-likeness (QED) is 0.292. The van der Waals surface area contributed by atoms with Gasteiger partial charge >= 0.3 is 6.03 Å². The summed E-state index contributed by atoms with van der Waals surface area (Å²) < 4.78 is 1.89. The fourth-order valence-corrected chi connectivity index (χ4v) is 6.53. The molecule has 1 aromatic heterocycles. The summed E-state index contributed by atoms with van der Waals surface area (Å²) in [7, 11) is 1.87. The number of nitrogens with one attached hydrogen (secondary N) is 1. The first-order chi connectivity index (χ1) is 22.3. The molecule has 6 rings (SSSR count). The van der Waals surface area contributed by atoms with Gasteiger partial charge in [-0.2, -0.15) is 5.26 Å². The number of urea groups is 1. The van der Waals surface area contributed by atoms with Gasteiger partial charge in [0, 0.05) is 44.7 Å². The second-order valence-corrected chi connectivity index (χ2v) is 11.6. The van der Waals surface area contributed by atoms with Crippen LogP contribution in [0.2, 0.25) is 0 Å². The first-order valence-electron chi connectivity index (χ1n) is 15.1. The molecule has 0 radical (unpaired) electrons. The predicted octanol–water partition coefficient (Wildman–Crippen LogP) is 3.49. The van der Waals surface area contributed by atoms with Crippen LogP contribution in [-0.2, 0) is 36.1 Å². The smallest absolute Gasteiger partial charge is 0.334 e. The summed E-state index contributed by atoms with van der Waals surface area (Å²) in [6, 6.07) is 22.7. The number of hydrogen-bond acceptors (Lipinski definition) is 6. The molecule has 2 saturated heterocycles. The lowest BCUT2D eigenvalue weighted by atomic mass is 9.98. The number of rotatable bonds is 8. The van der Waals surface area contributed by atoms with E-state index in [1.807, 2.05) is 60.1 Å².